The average Bonchev–Trinajstić information content (AvgIpc) is 2.61. The number of carbonyl (C=O) groups is 1. The van der Waals surface area contributed by atoms with Crippen LogP contribution in [-0.2, 0) is 6.42 Å². The normalized spacial score (nSPS) is 12.7. The summed E-state index contributed by atoms with van der Waals surface area (Å²) in [6.45, 7) is -0.769. The monoisotopic (exact) mass is 409 g/mol. The van der Waals surface area contributed by atoms with E-state index in [1.54, 1.807) is 0 Å². The molecule has 2 aromatic carbocycles. The minimum Gasteiger partial charge on any atom is -0.308 e. The predicted molar refractivity (Wildman–Crippen MR) is 85.6 cm³/mol. The number of amides is 1. The Bertz CT molecular complexity index is 790. The van der Waals surface area contributed by atoms with Crippen LogP contribution in [0.3, 0.4) is 0 Å². The molecule has 0 aliphatic heterocycles. The van der Waals surface area contributed by atoms with E-state index >= 15 is 0 Å². The lowest BCUT2D eigenvalue weighted by Gasteiger charge is -2.35. The molecule has 0 bridgehead atoms. The van der Waals surface area contributed by atoms with Crippen molar-refractivity contribution in [2.45, 2.75) is 24.4 Å². The van der Waals surface area contributed by atoms with Gasteiger partial charge in [0.1, 0.15) is 5.82 Å². The highest BCUT2D eigenvalue weighted by molar-refractivity contribution is 5.94. The van der Waals surface area contributed by atoms with Gasteiger partial charge in [0.2, 0.25) is 0 Å². The number of carbonyl (C=O) groups excluding carboxylic acids is 1. The van der Waals surface area contributed by atoms with Gasteiger partial charge in [-0.05, 0) is 23.8 Å². The second-order valence-corrected chi connectivity index (χ2v) is 5.96. The molecule has 1 amide bonds. The van der Waals surface area contributed by atoms with Crippen LogP contribution in [0.2, 0.25) is 0 Å². The fourth-order valence-electron chi connectivity index (χ4n) is 2.57. The van der Waals surface area contributed by atoms with E-state index in [1.165, 1.54) is 36.4 Å². The Kier molecular flexibility index (Phi) is 6.33. The number of quaternary nitrogens is 1. The maximum absolute atomic E-state index is 13.6. The quantitative estimate of drug-likeness (QED) is 0.559. The molecule has 0 unspecified atom stereocenters. The van der Waals surface area contributed by atoms with Crippen molar-refractivity contribution in [1.82, 2.24) is 5.32 Å². The summed E-state index contributed by atoms with van der Waals surface area (Å²) in [6.07, 6.45) is -12.1. The molecule has 2 aromatic rings. The lowest BCUT2D eigenvalue weighted by atomic mass is 10.1. The minimum atomic E-state index is -5.86. The first-order chi connectivity index (χ1) is 13.0. The number of nitrogens with one attached hydrogen (secondary N) is 1. The molecule has 0 aromatic heterocycles. The Morgan fingerprint density at radius 2 is 1.39 bits per heavy atom. The van der Waals surface area contributed by atoms with Crippen LogP contribution in [-0.4, -0.2) is 30.5 Å². The molecule has 0 radical (unpaired) electrons. The fraction of sp³-hybridized carbons (Fsp3) is 0.278. The maximum atomic E-state index is 13.6. The topological polar surface area (TPSA) is 45.7 Å². The molecule has 0 aliphatic rings. The van der Waals surface area contributed by atoms with Crippen LogP contribution in [0, 0.1) is 5.82 Å². The Morgan fingerprint density at radius 3 is 1.93 bits per heavy atom. The fourth-order valence-corrected chi connectivity index (χ4v) is 2.57. The Labute approximate surface area is 155 Å². The summed E-state index contributed by atoms with van der Waals surface area (Å²) in [6, 6.07) is 11.3. The van der Waals surface area contributed by atoms with Gasteiger partial charge in [-0.2, -0.15) is 26.3 Å². The van der Waals surface area contributed by atoms with Gasteiger partial charge in [0, 0.05) is 12.0 Å². The molecular formula is C18H16F7N2O+. The zero-order chi connectivity index (χ0) is 21.0. The van der Waals surface area contributed by atoms with Crippen LogP contribution in [0.4, 0.5) is 30.7 Å². The second-order valence-electron chi connectivity index (χ2n) is 5.96. The molecule has 2 rings (SSSR count). The molecule has 0 fully saturated rings. The van der Waals surface area contributed by atoms with Crippen molar-refractivity contribution < 1.29 is 40.8 Å². The smallest absolute Gasteiger partial charge is 0.308 e. The Morgan fingerprint density at radius 1 is 0.857 bits per heavy atom. The Hall–Kier alpha value is -2.62. The van der Waals surface area contributed by atoms with Crippen molar-refractivity contribution in [2.24, 2.45) is 0 Å². The van der Waals surface area contributed by atoms with Crippen LogP contribution in [0.1, 0.15) is 15.9 Å². The number of nitrogens with two attached hydrogens (primary N) is 1. The molecule has 0 atom stereocenters. The van der Waals surface area contributed by atoms with Gasteiger partial charge in [-0.15, -0.1) is 0 Å². The van der Waals surface area contributed by atoms with E-state index in [4.69, 9.17) is 0 Å². The number of rotatable bonds is 6. The number of alkyl halides is 6. The molecular weight excluding hydrogens is 393 g/mol. The molecule has 152 valence electrons. The second kappa shape index (κ2) is 8.17. The average molecular weight is 409 g/mol. The lowest BCUT2D eigenvalue weighted by molar-refractivity contribution is -0.784. The molecule has 0 spiro atoms. The molecule has 0 saturated heterocycles. The van der Waals surface area contributed by atoms with Gasteiger partial charge in [-0.25, -0.2) is 4.39 Å². The van der Waals surface area contributed by atoms with Crippen LogP contribution < -0.4 is 10.6 Å². The SMILES string of the molecule is O=C(NC([NH2+]CCc1ccccc1F)(C(F)(F)F)C(F)(F)F)c1ccccc1. The van der Waals surface area contributed by atoms with Crippen LogP contribution in [0.25, 0.3) is 0 Å². The van der Waals surface area contributed by atoms with Gasteiger partial charge < -0.3 is 5.32 Å². The van der Waals surface area contributed by atoms with E-state index < -0.39 is 42.7 Å². The molecule has 0 saturated carbocycles. The highest BCUT2D eigenvalue weighted by Gasteiger charge is 2.76. The summed E-state index contributed by atoms with van der Waals surface area (Å²) in [5.41, 5.74) is -4.97. The van der Waals surface area contributed by atoms with Crippen molar-refractivity contribution in [1.29, 1.82) is 0 Å². The summed E-state index contributed by atoms with van der Waals surface area (Å²) in [4.78, 5) is 12.0. The molecule has 0 heterocycles. The van der Waals surface area contributed by atoms with Gasteiger partial charge in [0.15, 0.2) is 0 Å². The van der Waals surface area contributed by atoms with Crippen LogP contribution in [0.5, 0.6) is 0 Å². The summed E-state index contributed by atoms with van der Waals surface area (Å²) in [5.74, 6) is -2.27. The van der Waals surface area contributed by atoms with E-state index in [-0.39, 0.29) is 16.4 Å². The Balaban J connectivity index is 2.30. The third-order valence-corrected chi connectivity index (χ3v) is 4.06. The number of benzene rings is 2. The standard InChI is InChI=1S/C18H15F7N2O/c19-14-9-5-4-6-12(14)10-11-26-16(17(20,21)22,18(23,24)25)27-15(28)13-7-2-1-3-8-13/h1-9,26H,10-11H2,(H,27,28)/p+1. The molecule has 28 heavy (non-hydrogen) atoms. The van der Waals surface area contributed by atoms with E-state index in [9.17, 15) is 35.5 Å². The number of halogens is 7. The van der Waals surface area contributed by atoms with E-state index in [1.807, 2.05) is 0 Å². The van der Waals surface area contributed by atoms with Crippen molar-refractivity contribution in [2.75, 3.05) is 6.54 Å². The highest BCUT2D eigenvalue weighted by Crippen LogP contribution is 2.38. The highest BCUT2D eigenvalue weighted by atomic mass is 19.4. The van der Waals surface area contributed by atoms with Crippen molar-refractivity contribution in [3.05, 3.63) is 71.5 Å². The third-order valence-electron chi connectivity index (χ3n) is 4.06. The summed E-state index contributed by atoms with van der Waals surface area (Å²) >= 11 is 0. The first-order valence-electron chi connectivity index (χ1n) is 8.07. The molecule has 3 nitrogen and oxygen atoms in total. The predicted octanol–water partition coefficient (Wildman–Crippen LogP) is 3.18. The van der Waals surface area contributed by atoms with Crippen LogP contribution in [0.15, 0.2) is 54.6 Å². The minimum absolute atomic E-state index is 0.0358. The van der Waals surface area contributed by atoms with Gasteiger partial charge in [0.25, 0.3) is 5.91 Å². The van der Waals surface area contributed by atoms with Crippen molar-refractivity contribution in [3.63, 3.8) is 0 Å². The van der Waals surface area contributed by atoms with Gasteiger partial charge in [-0.3, -0.25) is 10.1 Å². The first kappa shape index (κ1) is 21.7. The molecule has 0 aliphatic carbocycles. The zero-order valence-electron chi connectivity index (χ0n) is 14.2. The van der Waals surface area contributed by atoms with E-state index in [0.29, 0.717) is 0 Å². The largest absolute Gasteiger partial charge is 0.475 e. The third kappa shape index (κ3) is 4.61. The maximum Gasteiger partial charge on any atom is 0.475 e. The molecule has 3 N–H and O–H groups in total. The van der Waals surface area contributed by atoms with Gasteiger partial charge >= 0.3 is 18.0 Å². The van der Waals surface area contributed by atoms with Crippen molar-refractivity contribution >= 4 is 5.91 Å². The van der Waals surface area contributed by atoms with E-state index in [0.717, 1.165) is 23.5 Å². The lowest BCUT2D eigenvalue weighted by Crippen LogP contribution is -3.08. The zero-order valence-corrected chi connectivity index (χ0v) is 14.2. The van der Waals surface area contributed by atoms with Crippen LogP contribution >= 0.6 is 0 Å². The summed E-state index contributed by atoms with van der Waals surface area (Å²) < 4.78 is 94.7. The van der Waals surface area contributed by atoms with Crippen molar-refractivity contribution in [3.8, 4) is 0 Å². The first-order valence-corrected chi connectivity index (χ1v) is 8.07. The van der Waals surface area contributed by atoms with Gasteiger partial charge in [-0.1, -0.05) is 36.4 Å². The summed E-state index contributed by atoms with van der Waals surface area (Å²) in [5, 5.41) is 1.02. The van der Waals surface area contributed by atoms with Gasteiger partial charge in [0.05, 0.1) is 6.54 Å². The summed E-state index contributed by atoms with van der Waals surface area (Å²) in [7, 11) is 0. The van der Waals surface area contributed by atoms with E-state index in [2.05, 4.69) is 0 Å². The number of hydrogen-bond acceptors (Lipinski definition) is 1. The number of hydrogen-bond donors (Lipinski definition) is 2. The molecule has 10 heteroatoms.